The molecule has 0 spiro atoms. The van der Waals surface area contributed by atoms with E-state index in [4.69, 9.17) is 0 Å². The Bertz CT molecular complexity index is 222. The van der Waals surface area contributed by atoms with Gasteiger partial charge in [-0.1, -0.05) is 0 Å². The summed E-state index contributed by atoms with van der Waals surface area (Å²) in [6.07, 6.45) is -1.37. The van der Waals surface area contributed by atoms with Crippen molar-refractivity contribution in [2.24, 2.45) is 0 Å². The second-order valence-corrected chi connectivity index (χ2v) is 3.58. The third kappa shape index (κ3) is 3.51. The minimum absolute atomic E-state index is 0.582. The van der Waals surface area contributed by atoms with Gasteiger partial charge in [0.2, 0.25) is 0 Å². The maximum absolute atomic E-state index is 11.2. The van der Waals surface area contributed by atoms with Crippen molar-refractivity contribution in [3.8, 4) is 0 Å². The van der Waals surface area contributed by atoms with E-state index in [0.717, 1.165) is 5.01 Å². The molecule has 0 aromatic rings. The molecule has 6 nitrogen and oxygen atoms in total. The first-order chi connectivity index (χ1) is 6.32. The normalized spacial score (nSPS) is 10.4. The molecule has 14 heavy (non-hydrogen) atoms. The maximum atomic E-state index is 11.2. The van der Waals surface area contributed by atoms with Gasteiger partial charge < -0.3 is 9.47 Å². The van der Waals surface area contributed by atoms with E-state index in [1.165, 1.54) is 14.2 Å². The van der Waals surface area contributed by atoms with E-state index in [1.807, 2.05) is 0 Å². The van der Waals surface area contributed by atoms with Gasteiger partial charge in [-0.2, -0.15) is 0 Å². The number of amides is 2. The van der Waals surface area contributed by atoms with Crippen LogP contribution in [0.5, 0.6) is 0 Å². The Morgan fingerprint density at radius 2 is 1.64 bits per heavy atom. The third-order valence-electron chi connectivity index (χ3n) is 1.42. The molecule has 0 fully saturated rings. The monoisotopic (exact) mass is 204 g/mol. The van der Waals surface area contributed by atoms with Crippen molar-refractivity contribution >= 4 is 12.2 Å². The molecule has 0 aromatic heterocycles. The molecule has 2 amide bonds. The Morgan fingerprint density at radius 1 is 1.14 bits per heavy atom. The van der Waals surface area contributed by atoms with Gasteiger partial charge in [0, 0.05) is 0 Å². The summed E-state index contributed by atoms with van der Waals surface area (Å²) in [6.45, 7) is 5.25. The number of carbonyl (C=O) groups is 2. The number of hydrogen-bond donors (Lipinski definition) is 1. The fourth-order valence-electron chi connectivity index (χ4n) is 0.715. The topological polar surface area (TPSA) is 67.9 Å². The van der Waals surface area contributed by atoms with Crippen molar-refractivity contribution in [1.82, 2.24) is 10.4 Å². The second kappa shape index (κ2) is 4.69. The van der Waals surface area contributed by atoms with Crippen LogP contribution in [0.4, 0.5) is 9.59 Å². The van der Waals surface area contributed by atoms with Crippen molar-refractivity contribution < 1.29 is 19.1 Å². The Labute approximate surface area is 83.1 Å². The minimum atomic E-state index is -0.717. The lowest BCUT2D eigenvalue weighted by Gasteiger charge is -2.33. The zero-order chi connectivity index (χ0) is 11.4. The van der Waals surface area contributed by atoms with Crippen molar-refractivity contribution in [3.63, 3.8) is 0 Å². The number of nitrogens with zero attached hydrogens (tertiary/aromatic N) is 1. The van der Waals surface area contributed by atoms with Gasteiger partial charge in [-0.25, -0.2) is 20.0 Å². The first kappa shape index (κ1) is 12.5. The molecule has 0 rings (SSSR count). The first-order valence-electron chi connectivity index (χ1n) is 4.05. The number of methoxy groups -OCH3 is 2. The Hall–Kier alpha value is -1.46. The quantitative estimate of drug-likeness (QED) is 0.600. The molecule has 0 saturated carbocycles. The third-order valence-corrected chi connectivity index (χ3v) is 1.42. The van der Waals surface area contributed by atoms with Gasteiger partial charge in [-0.05, 0) is 20.8 Å². The fraction of sp³-hybridized carbons (Fsp3) is 0.750. The Balaban J connectivity index is 4.58. The number of hydrogen-bond acceptors (Lipinski definition) is 4. The van der Waals surface area contributed by atoms with E-state index in [0.29, 0.717) is 0 Å². The van der Waals surface area contributed by atoms with Gasteiger partial charge in [0.1, 0.15) is 0 Å². The lowest BCUT2D eigenvalue weighted by Crippen LogP contribution is -2.55. The second-order valence-electron chi connectivity index (χ2n) is 3.58. The van der Waals surface area contributed by atoms with Crippen LogP contribution in [0.15, 0.2) is 0 Å². The molecule has 0 saturated heterocycles. The van der Waals surface area contributed by atoms with E-state index in [2.05, 4.69) is 14.9 Å². The highest BCUT2D eigenvalue weighted by Crippen LogP contribution is 2.11. The average Bonchev–Trinajstić information content (AvgIpc) is 2.10. The van der Waals surface area contributed by atoms with Crippen molar-refractivity contribution in [1.29, 1.82) is 0 Å². The first-order valence-corrected chi connectivity index (χ1v) is 4.05. The highest BCUT2D eigenvalue weighted by molar-refractivity contribution is 5.74. The number of rotatable bonds is 0. The van der Waals surface area contributed by atoms with Crippen LogP contribution in [0.2, 0.25) is 0 Å². The summed E-state index contributed by atoms with van der Waals surface area (Å²) < 4.78 is 8.87. The lowest BCUT2D eigenvalue weighted by molar-refractivity contribution is 0.0466. The van der Waals surface area contributed by atoms with Crippen molar-refractivity contribution in [2.75, 3.05) is 14.2 Å². The molecule has 0 aliphatic heterocycles. The van der Waals surface area contributed by atoms with Crippen LogP contribution in [0.3, 0.4) is 0 Å². The zero-order valence-corrected chi connectivity index (χ0v) is 9.08. The molecule has 0 unspecified atom stereocenters. The van der Waals surface area contributed by atoms with Crippen LogP contribution in [0, 0.1) is 0 Å². The maximum Gasteiger partial charge on any atom is 0.428 e. The van der Waals surface area contributed by atoms with Crippen molar-refractivity contribution in [2.45, 2.75) is 26.3 Å². The van der Waals surface area contributed by atoms with E-state index in [1.54, 1.807) is 20.8 Å². The Morgan fingerprint density at radius 3 is 1.93 bits per heavy atom. The number of nitrogens with one attached hydrogen (secondary N) is 1. The Kier molecular flexibility index (Phi) is 4.20. The summed E-state index contributed by atoms with van der Waals surface area (Å²) in [4.78, 5) is 22.1. The standard InChI is InChI=1S/C8H16N2O4/c1-8(2,3)10(7(12)14-5)9-6(11)13-4/h1-5H3,(H,9,11). The molecule has 0 aliphatic carbocycles. The van der Waals surface area contributed by atoms with Gasteiger partial charge in [-0.15, -0.1) is 0 Å². The molecule has 82 valence electrons. The van der Waals surface area contributed by atoms with Gasteiger partial charge in [-0.3, -0.25) is 0 Å². The molecule has 6 heteroatoms. The molecular formula is C8H16N2O4. The number of ether oxygens (including phenoxy) is 2. The summed E-state index contributed by atoms with van der Waals surface area (Å²) in [5.41, 5.74) is 1.67. The highest BCUT2D eigenvalue weighted by Gasteiger charge is 2.29. The van der Waals surface area contributed by atoms with Gasteiger partial charge >= 0.3 is 12.2 Å². The molecule has 1 N–H and O–H groups in total. The van der Waals surface area contributed by atoms with Gasteiger partial charge in [0.05, 0.1) is 19.8 Å². The predicted octanol–water partition coefficient (Wildman–Crippen LogP) is 1.12. The van der Waals surface area contributed by atoms with E-state index in [-0.39, 0.29) is 0 Å². The fourth-order valence-corrected chi connectivity index (χ4v) is 0.715. The van der Waals surface area contributed by atoms with Crippen LogP contribution in [-0.2, 0) is 9.47 Å². The summed E-state index contributed by atoms with van der Waals surface area (Å²) in [5.74, 6) is 0. The van der Waals surface area contributed by atoms with Gasteiger partial charge in [0.15, 0.2) is 0 Å². The SMILES string of the molecule is COC(=O)NN(C(=O)OC)C(C)(C)C. The number of carbonyl (C=O) groups excluding carboxylic acids is 2. The van der Waals surface area contributed by atoms with Crippen molar-refractivity contribution in [3.05, 3.63) is 0 Å². The molecule has 0 heterocycles. The largest absolute Gasteiger partial charge is 0.452 e. The van der Waals surface area contributed by atoms with Crippen LogP contribution < -0.4 is 5.43 Å². The molecule has 0 aliphatic rings. The molecular weight excluding hydrogens is 188 g/mol. The predicted molar refractivity (Wildman–Crippen MR) is 49.5 cm³/mol. The summed E-state index contributed by atoms with van der Waals surface area (Å²) >= 11 is 0. The van der Waals surface area contributed by atoms with E-state index < -0.39 is 17.7 Å². The molecule has 0 radical (unpaired) electrons. The minimum Gasteiger partial charge on any atom is -0.452 e. The van der Waals surface area contributed by atoms with E-state index >= 15 is 0 Å². The smallest absolute Gasteiger partial charge is 0.428 e. The van der Waals surface area contributed by atoms with E-state index in [9.17, 15) is 9.59 Å². The van der Waals surface area contributed by atoms with Crippen LogP contribution in [0.1, 0.15) is 20.8 Å². The average molecular weight is 204 g/mol. The molecule has 0 bridgehead atoms. The highest BCUT2D eigenvalue weighted by atomic mass is 16.6. The van der Waals surface area contributed by atoms with Crippen LogP contribution >= 0.6 is 0 Å². The number of hydrazine groups is 1. The summed E-state index contributed by atoms with van der Waals surface area (Å²) in [5, 5.41) is 1.05. The van der Waals surface area contributed by atoms with Crippen LogP contribution in [0.25, 0.3) is 0 Å². The van der Waals surface area contributed by atoms with Crippen LogP contribution in [-0.4, -0.2) is 37.0 Å². The summed E-state index contributed by atoms with van der Waals surface area (Å²) in [7, 11) is 2.45. The zero-order valence-electron chi connectivity index (χ0n) is 9.08. The molecule has 0 aromatic carbocycles. The lowest BCUT2D eigenvalue weighted by atomic mass is 10.1. The summed E-state index contributed by atoms with van der Waals surface area (Å²) in [6, 6.07) is 0. The van der Waals surface area contributed by atoms with Gasteiger partial charge in [0.25, 0.3) is 0 Å². The molecule has 0 atom stereocenters.